The second-order valence-electron chi connectivity index (χ2n) is 5.47. The van der Waals surface area contributed by atoms with Gasteiger partial charge in [0.15, 0.2) is 5.54 Å². The molecule has 1 aliphatic rings. The van der Waals surface area contributed by atoms with Gasteiger partial charge < -0.3 is 0 Å². The molecule has 0 heterocycles. The van der Waals surface area contributed by atoms with E-state index in [2.05, 4.69) is 9.98 Å². The zero-order chi connectivity index (χ0) is 21.1. The summed E-state index contributed by atoms with van der Waals surface area (Å²) in [5, 5.41) is 0. The molecule has 2 rings (SSSR count). The molecule has 0 bridgehead atoms. The number of nitrogens with zero attached hydrogens (tertiary/aromatic N) is 2. The normalized spacial score (nSPS) is 24.5. The van der Waals surface area contributed by atoms with Crippen LogP contribution in [0.15, 0.2) is 69.5 Å². The van der Waals surface area contributed by atoms with E-state index in [-0.39, 0.29) is 5.56 Å². The van der Waals surface area contributed by atoms with Crippen molar-refractivity contribution in [1.82, 2.24) is 0 Å². The summed E-state index contributed by atoms with van der Waals surface area (Å²) in [6.45, 7) is 0. The van der Waals surface area contributed by atoms with Crippen molar-refractivity contribution in [1.29, 1.82) is 0 Å². The molecule has 12 heteroatoms. The van der Waals surface area contributed by atoms with E-state index in [0.29, 0.717) is 0 Å². The Morgan fingerprint density at radius 1 is 0.929 bits per heavy atom. The fourth-order valence-corrected chi connectivity index (χ4v) is 4.34. The van der Waals surface area contributed by atoms with E-state index in [9.17, 15) is 35.5 Å². The molecule has 146 valence electrons. The maximum atomic E-state index is 12.1. The van der Waals surface area contributed by atoms with E-state index in [1.807, 2.05) is 0 Å². The fraction of sp³-hybridized carbons (Fsp3) is 0.125. The molecular formula is C16H12N2O8S2. The Morgan fingerprint density at radius 3 is 2.11 bits per heavy atom. The van der Waals surface area contributed by atoms with Gasteiger partial charge in [-0.3, -0.25) is 9.11 Å². The Bertz CT molecular complexity index is 1190. The van der Waals surface area contributed by atoms with E-state index >= 15 is 0 Å². The highest BCUT2D eigenvalue weighted by Crippen LogP contribution is 2.41. The molecule has 2 unspecified atom stereocenters. The maximum Gasteiger partial charge on any atom is 0.299 e. The Kier molecular flexibility index (Phi) is 5.76. The molecule has 0 saturated heterocycles. The number of aliphatic imine (C=N–C) groups is 2. The van der Waals surface area contributed by atoms with Crippen LogP contribution in [0.2, 0.25) is 0 Å². The van der Waals surface area contributed by atoms with Crippen LogP contribution >= 0.6 is 0 Å². The Labute approximate surface area is 159 Å². The Balaban J connectivity index is 2.83. The minimum atomic E-state index is -5.18. The van der Waals surface area contributed by atoms with Gasteiger partial charge in [-0.05, 0) is 29.9 Å². The minimum absolute atomic E-state index is 0.0900. The molecule has 0 fully saturated rings. The summed E-state index contributed by atoms with van der Waals surface area (Å²) in [5.74, 6) is 0. The quantitative estimate of drug-likeness (QED) is 0.388. The largest absolute Gasteiger partial charge is 0.299 e. The average molecular weight is 424 g/mol. The summed E-state index contributed by atoms with van der Waals surface area (Å²) in [6.07, 6.45) is 8.40. The monoisotopic (exact) mass is 424 g/mol. The third-order valence-electron chi connectivity index (χ3n) is 3.91. The van der Waals surface area contributed by atoms with Crippen molar-refractivity contribution in [2.45, 2.75) is 15.3 Å². The van der Waals surface area contributed by atoms with Crippen LogP contribution in [-0.2, 0) is 29.8 Å². The van der Waals surface area contributed by atoms with Crippen molar-refractivity contribution in [2.24, 2.45) is 9.98 Å². The van der Waals surface area contributed by atoms with Gasteiger partial charge in [0, 0.05) is 0 Å². The lowest BCUT2D eigenvalue weighted by Gasteiger charge is -2.36. The Hall–Kier alpha value is -2.98. The van der Waals surface area contributed by atoms with Crippen LogP contribution in [0.5, 0.6) is 0 Å². The highest BCUT2D eigenvalue weighted by molar-refractivity contribution is 7.87. The molecule has 0 spiro atoms. The number of benzene rings is 1. The first-order valence-electron chi connectivity index (χ1n) is 7.31. The van der Waals surface area contributed by atoms with E-state index < -0.39 is 35.5 Å². The topological polar surface area (TPSA) is 168 Å². The number of isocyanates is 2. The number of hydrogen-bond acceptors (Lipinski definition) is 8. The van der Waals surface area contributed by atoms with Crippen molar-refractivity contribution >= 4 is 38.5 Å². The van der Waals surface area contributed by atoms with Gasteiger partial charge in [-0.15, -0.1) is 0 Å². The fourth-order valence-electron chi connectivity index (χ4n) is 2.66. The second-order valence-corrected chi connectivity index (χ2v) is 8.43. The van der Waals surface area contributed by atoms with Crippen molar-refractivity contribution in [3.05, 3.63) is 60.2 Å². The maximum absolute atomic E-state index is 12.1. The first-order valence-corrected chi connectivity index (χ1v) is 10.2. The highest BCUT2D eigenvalue weighted by Gasteiger charge is 2.58. The van der Waals surface area contributed by atoms with E-state index in [1.54, 1.807) is 0 Å². The number of hydrogen-bond donors (Lipinski definition) is 2. The van der Waals surface area contributed by atoms with E-state index in [0.717, 1.165) is 48.6 Å². The molecule has 2 N–H and O–H groups in total. The molecular weight excluding hydrogens is 412 g/mol. The molecule has 0 amide bonds. The average Bonchev–Trinajstić information content (AvgIpc) is 2.61. The summed E-state index contributed by atoms with van der Waals surface area (Å²) in [7, 11) is -9.81. The van der Waals surface area contributed by atoms with Gasteiger partial charge in [0.1, 0.15) is 4.90 Å². The predicted octanol–water partition coefficient (Wildman–Crippen LogP) is 1.07. The summed E-state index contributed by atoms with van der Waals surface area (Å²) >= 11 is 0. The molecule has 1 aliphatic carbocycles. The summed E-state index contributed by atoms with van der Waals surface area (Å²) in [4.78, 5) is 25.2. The number of carbonyl (C=O) groups excluding carboxylic acids is 2. The van der Waals surface area contributed by atoms with Gasteiger partial charge in [-0.2, -0.15) is 26.8 Å². The van der Waals surface area contributed by atoms with E-state index in [1.165, 1.54) is 24.3 Å². The summed E-state index contributed by atoms with van der Waals surface area (Å²) in [6, 6.07) is 5.13. The molecule has 0 radical (unpaired) electrons. The number of allylic oxidation sites excluding steroid dienone is 2. The lowest BCUT2D eigenvalue weighted by atomic mass is 9.85. The van der Waals surface area contributed by atoms with Crippen LogP contribution in [0.3, 0.4) is 0 Å². The first kappa shape index (κ1) is 21.3. The van der Waals surface area contributed by atoms with Crippen LogP contribution in [-0.4, -0.2) is 48.5 Å². The molecule has 28 heavy (non-hydrogen) atoms. The molecule has 2 atom stereocenters. The van der Waals surface area contributed by atoms with Gasteiger partial charge >= 0.3 is 0 Å². The van der Waals surface area contributed by atoms with Crippen LogP contribution in [0.4, 0.5) is 0 Å². The second kappa shape index (κ2) is 7.56. The molecule has 0 aromatic heterocycles. The standard InChI is InChI=1S/C16H12N2O8S2/c19-11-17-15(8-3-4-9-16(15,18-12-20)28(24,25)26)10-7-13-5-1-2-6-14(13)27(21,22)23/h1-10H,(H,21,22,23)(H,24,25,26). The van der Waals surface area contributed by atoms with Gasteiger partial charge in [-0.25, -0.2) is 9.59 Å². The molecule has 0 saturated carbocycles. The smallest absolute Gasteiger partial charge is 0.283 e. The SMILES string of the molecule is O=C=NC1(C=Cc2ccccc2S(=O)(=O)O)C=CC=CC1(N=C=O)S(=O)(=O)O. The molecule has 0 aliphatic heterocycles. The van der Waals surface area contributed by atoms with Crippen molar-refractivity contribution in [2.75, 3.05) is 0 Å². The summed E-state index contributed by atoms with van der Waals surface area (Å²) in [5.41, 5.74) is -2.38. The molecule has 1 aromatic carbocycles. The van der Waals surface area contributed by atoms with Crippen LogP contribution < -0.4 is 0 Å². The van der Waals surface area contributed by atoms with Gasteiger partial charge in [-0.1, -0.05) is 36.4 Å². The van der Waals surface area contributed by atoms with Crippen molar-refractivity contribution in [3.63, 3.8) is 0 Å². The van der Waals surface area contributed by atoms with Crippen LogP contribution in [0, 0.1) is 0 Å². The third-order valence-corrected chi connectivity index (χ3v) is 6.18. The van der Waals surface area contributed by atoms with Gasteiger partial charge in [0.25, 0.3) is 20.2 Å². The van der Waals surface area contributed by atoms with Gasteiger partial charge in [0.05, 0.1) is 0 Å². The Morgan fingerprint density at radius 2 is 1.54 bits per heavy atom. The van der Waals surface area contributed by atoms with Crippen LogP contribution in [0.1, 0.15) is 5.56 Å². The van der Waals surface area contributed by atoms with Crippen molar-refractivity contribution < 1.29 is 35.5 Å². The lowest BCUT2D eigenvalue weighted by molar-refractivity contribution is 0.406. The predicted molar refractivity (Wildman–Crippen MR) is 96.8 cm³/mol. The highest BCUT2D eigenvalue weighted by atomic mass is 32.2. The minimum Gasteiger partial charge on any atom is -0.283 e. The third kappa shape index (κ3) is 3.69. The molecule has 10 nitrogen and oxygen atoms in total. The molecule has 1 aromatic rings. The van der Waals surface area contributed by atoms with E-state index in [4.69, 9.17) is 0 Å². The van der Waals surface area contributed by atoms with Gasteiger partial charge in [0.2, 0.25) is 17.0 Å². The van der Waals surface area contributed by atoms with Crippen molar-refractivity contribution in [3.8, 4) is 0 Å². The van der Waals surface area contributed by atoms with Crippen LogP contribution in [0.25, 0.3) is 6.08 Å². The lowest BCUT2D eigenvalue weighted by Crippen LogP contribution is -2.54. The number of rotatable bonds is 6. The summed E-state index contributed by atoms with van der Waals surface area (Å²) < 4.78 is 66.2. The first-order chi connectivity index (χ1) is 13.0. The zero-order valence-electron chi connectivity index (χ0n) is 13.8. The zero-order valence-corrected chi connectivity index (χ0v) is 15.5.